The topological polar surface area (TPSA) is 77.3 Å². The second kappa shape index (κ2) is 8.25. The highest BCUT2D eigenvalue weighted by molar-refractivity contribution is 9.10. The molecule has 8 nitrogen and oxygen atoms in total. The Balaban J connectivity index is 1.57. The average Bonchev–Trinajstić information content (AvgIpc) is 3.21. The first-order valence-electron chi connectivity index (χ1n) is 9.99. The van der Waals surface area contributed by atoms with E-state index in [0.717, 1.165) is 60.3 Å². The lowest BCUT2D eigenvalue weighted by Crippen LogP contribution is -2.37. The lowest BCUT2D eigenvalue weighted by atomic mass is 10.2. The van der Waals surface area contributed by atoms with Gasteiger partial charge in [0.2, 0.25) is 5.95 Å². The van der Waals surface area contributed by atoms with Crippen molar-refractivity contribution in [3.05, 3.63) is 35.1 Å². The van der Waals surface area contributed by atoms with Crippen LogP contribution in [0.4, 0.5) is 17.5 Å². The summed E-state index contributed by atoms with van der Waals surface area (Å²) in [6, 6.07) is 8.01. The van der Waals surface area contributed by atoms with Crippen molar-refractivity contribution in [2.24, 2.45) is 0 Å². The molecular formula is C20H23BrN6O2. The molecule has 0 saturated carbocycles. The lowest BCUT2D eigenvalue weighted by molar-refractivity contribution is -0.0298. The van der Waals surface area contributed by atoms with Gasteiger partial charge < -0.3 is 19.7 Å². The van der Waals surface area contributed by atoms with E-state index in [0.29, 0.717) is 25.0 Å². The maximum absolute atomic E-state index is 5.99. The highest BCUT2D eigenvalue weighted by atomic mass is 79.9. The van der Waals surface area contributed by atoms with Crippen LogP contribution in [0.2, 0.25) is 0 Å². The fourth-order valence-corrected chi connectivity index (χ4v) is 3.99. The van der Waals surface area contributed by atoms with Gasteiger partial charge in [0.25, 0.3) is 0 Å². The highest BCUT2D eigenvalue weighted by Gasteiger charge is 2.23. The minimum absolute atomic E-state index is 0.0262. The van der Waals surface area contributed by atoms with Crippen LogP contribution in [-0.2, 0) is 9.47 Å². The van der Waals surface area contributed by atoms with Gasteiger partial charge in [0, 0.05) is 29.9 Å². The third-order valence-corrected chi connectivity index (χ3v) is 5.81. The molecule has 2 aliphatic rings. The van der Waals surface area contributed by atoms with Crippen molar-refractivity contribution in [3.8, 4) is 0 Å². The number of rotatable bonds is 4. The minimum Gasteiger partial charge on any atom is -0.378 e. The molecule has 2 aromatic heterocycles. The van der Waals surface area contributed by atoms with E-state index in [9.17, 15) is 0 Å². The predicted molar refractivity (Wildman–Crippen MR) is 115 cm³/mol. The zero-order chi connectivity index (χ0) is 19.6. The van der Waals surface area contributed by atoms with Crippen LogP contribution in [0.1, 0.15) is 25.5 Å². The predicted octanol–water partition coefficient (Wildman–Crippen LogP) is 3.87. The molecule has 2 saturated heterocycles. The third-order valence-electron chi connectivity index (χ3n) is 5.28. The van der Waals surface area contributed by atoms with Crippen LogP contribution in [0.15, 0.2) is 35.1 Å². The van der Waals surface area contributed by atoms with Crippen molar-refractivity contribution in [1.82, 2.24) is 19.5 Å². The first-order chi connectivity index (χ1) is 14.3. The second-order valence-electron chi connectivity index (χ2n) is 7.25. The number of imidazole rings is 1. The monoisotopic (exact) mass is 458 g/mol. The molecule has 2 aliphatic heterocycles. The number of halogens is 1. The van der Waals surface area contributed by atoms with Gasteiger partial charge in [-0.2, -0.15) is 9.97 Å². The molecule has 0 amide bonds. The molecule has 0 aliphatic carbocycles. The van der Waals surface area contributed by atoms with Crippen LogP contribution in [0.3, 0.4) is 0 Å². The number of hydrogen-bond acceptors (Lipinski definition) is 7. The van der Waals surface area contributed by atoms with Gasteiger partial charge in [0.05, 0.1) is 19.5 Å². The maximum Gasteiger partial charge on any atom is 0.229 e. The molecule has 4 heterocycles. The Labute approximate surface area is 177 Å². The Morgan fingerprint density at radius 2 is 1.86 bits per heavy atom. The summed E-state index contributed by atoms with van der Waals surface area (Å²) < 4.78 is 14.6. The van der Waals surface area contributed by atoms with Crippen LogP contribution in [-0.4, -0.2) is 52.4 Å². The van der Waals surface area contributed by atoms with E-state index in [-0.39, 0.29) is 6.23 Å². The molecule has 3 aromatic rings. The van der Waals surface area contributed by atoms with Gasteiger partial charge in [-0.3, -0.25) is 4.57 Å². The Bertz CT molecular complexity index is 981. The molecule has 152 valence electrons. The van der Waals surface area contributed by atoms with Gasteiger partial charge in [-0.05, 0) is 43.5 Å². The number of nitrogens with one attached hydrogen (secondary N) is 1. The van der Waals surface area contributed by atoms with E-state index in [2.05, 4.69) is 31.1 Å². The first-order valence-corrected chi connectivity index (χ1v) is 10.8. The van der Waals surface area contributed by atoms with Crippen molar-refractivity contribution in [1.29, 1.82) is 0 Å². The average molecular weight is 459 g/mol. The normalized spacial score (nSPS) is 20.2. The number of morpholine rings is 1. The van der Waals surface area contributed by atoms with Gasteiger partial charge in [0.15, 0.2) is 17.0 Å². The van der Waals surface area contributed by atoms with Crippen molar-refractivity contribution < 1.29 is 9.47 Å². The Hall–Kier alpha value is -2.23. The fraction of sp³-hybridized carbons (Fsp3) is 0.450. The summed E-state index contributed by atoms with van der Waals surface area (Å²) in [6.45, 7) is 3.69. The first kappa shape index (κ1) is 18.8. The number of anilines is 3. The zero-order valence-corrected chi connectivity index (χ0v) is 17.6. The fourth-order valence-electron chi connectivity index (χ4n) is 3.72. The van der Waals surface area contributed by atoms with Crippen LogP contribution in [0.5, 0.6) is 0 Å². The molecule has 29 heavy (non-hydrogen) atoms. The van der Waals surface area contributed by atoms with Crippen molar-refractivity contribution >= 4 is 44.5 Å². The number of ether oxygens (including phenoxy) is 2. The van der Waals surface area contributed by atoms with E-state index in [1.165, 1.54) is 0 Å². The van der Waals surface area contributed by atoms with E-state index < -0.39 is 0 Å². The van der Waals surface area contributed by atoms with Gasteiger partial charge in [-0.25, -0.2) is 4.98 Å². The van der Waals surface area contributed by atoms with Crippen LogP contribution >= 0.6 is 15.9 Å². The van der Waals surface area contributed by atoms with Gasteiger partial charge in [-0.1, -0.05) is 15.9 Å². The molecule has 5 rings (SSSR count). The van der Waals surface area contributed by atoms with Crippen molar-refractivity contribution in [3.63, 3.8) is 0 Å². The number of aromatic nitrogens is 4. The maximum atomic E-state index is 5.99. The standard InChI is InChI=1S/C20H23BrN6O2/c21-14-4-6-15(7-5-14)23-18-17-19(25-20(24-18)26-8-11-28-12-9-26)27(13-22-17)16-3-1-2-10-29-16/h4-7,13,16H,1-3,8-12H2,(H,23,24,25). The Morgan fingerprint density at radius 1 is 1.03 bits per heavy atom. The third kappa shape index (κ3) is 3.94. The molecule has 9 heteroatoms. The zero-order valence-electron chi connectivity index (χ0n) is 16.1. The highest BCUT2D eigenvalue weighted by Crippen LogP contribution is 2.31. The van der Waals surface area contributed by atoms with Gasteiger partial charge in [-0.15, -0.1) is 0 Å². The summed E-state index contributed by atoms with van der Waals surface area (Å²) in [6.07, 6.45) is 5.02. The van der Waals surface area contributed by atoms with E-state index in [4.69, 9.17) is 19.4 Å². The molecule has 0 bridgehead atoms. The summed E-state index contributed by atoms with van der Waals surface area (Å²) >= 11 is 3.48. The van der Waals surface area contributed by atoms with Gasteiger partial charge >= 0.3 is 0 Å². The van der Waals surface area contributed by atoms with E-state index in [1.54, 1.807) is 0 Å². The largest absolute Gasteiger partial charge is 0.378 e. The molecular weight excluding hydrogens is 436 g/mol. The molecule has 1 N–H and O–H groups in total. The Morgan fingerprint density at radius 3 is 2.62 bits per heavy atom. The quantitative estimate of drug-likeness (QED) is 0.635. The number of hydrogen-bond donors (Lipinski definition) is 1. The van der Waals surface area contributed by atoms with Crippen molar-refractivity contribution in [2.45, 2.75) is 25.5 Å². The molecule has 1 aromatic carbocycles. The van der Waals surface area contributed by atoms with Crippen LogP contribution < -0.4 is 10.2 Å². The summed E-state index contributed by atoms with van der Waals surface area (Å²) in [5.74, 6) is 1.39. The molecule has 1 unspecified atom stereocenters. The summed E-state index contributed by atoms with van der Waals surface area (Å²) in [5, 5.41) is 3.42. The SMILES string of the molecule is Brc1ccc(Nc2nc(N3CCOCC3)nc3c2ncn3C2CCCCO2)cc1. The summed E-state index contributed by atoms with van der Waals surface area (Å²) in [7, 11) is 0. The van der Waals surface area contributed by atoms with Gasteiger partial charge in [0.1, 0.15) is 6.23 Å². The number of nitrogens with zero attached hydrogens (tertiary/aromatic N) is 5. The second-order valence-corrected chi connectivity index (χ2v) is 8.16. The van der Waals surface area contributed by atoms with Crippen LogP contribution in [0, 0.1) is 0 Å². The number of fused-ring (bicyclic) bond motifs is 1. The minimum atomic E-state index is -0.0262. The lowest BCUT2D eigenvalue weighted by Gasteiger charge is -2.28. The number of benzene rings is 1. The van der Waals surface area contributed by atoms with E-state index >= 15 is 0 Å². The Kier molecular flexibility index (Phi) is 5.34. The van der Waals surface area contributed by atoms with Crippen molar-refractivity contribution in [2.75, 3.05) is 43.1 Å². The molecule has 0 radical (unpaired) electrons. The van der Waals surface area contributed by atoms with E-state index in [1.807, 2.05) is 35.2 Å². The summed E-state index contributed by atoms with van der Waals surface area (Å²) in [5.41, 5.74) is 2.50. The molecule has 0 spiro atoms. The smallest absolute Gasteiger partial charge is 0.229 e. The summed E-state index contributed by atoms with van der Waals surface area (Å²) in [4.78, 5) is 16.5. The molecule has 2 fully saturated rings. The van der Waals surface area contributed by atoms with Crippen LogP contribution in [0.25, 0.3) is 11.2 Å². The molecule has 1 atom stereocenters.